The third kappa shape index (κ3) is 1.79. The molecule has 74 valence electrons. The number of hydrogen-bond acceptors (Lipinski definition) is 3. The number of nitrogen functional groups attached to an aromatic ring is 1. The van der Waals surface area contributed by atoms with Crippen LogP contribution in [0.3, 0.4) is 0 Å². The van der Waals surface area contributed by atoms with Gasteiger partial charge >= 0.3 is 0 Å². The summed E-state index contributed by atoms with van der Waals surface area (Å²) in [4.78, 5) is 4.21. The molecular formula is C10H13N3O. The van der Waals surface area contributed by atoms with E-state index in [1.54, 1.807) is 6.26 Å². The number of imidazole rings is 1. The first kappa shape index (κ1) is 8.87. The van der Waals surface area contributed by atoms with E-state index in [9.17, 15) is 0 Å². The zero-order chi connectivity index (χ0) is 9.97. The standard InChI is InChI=1S/C10H13N3O/c1-13-7-8(12-10(13)11)4-5-9-3-2-6-14-9/h2-3,6-7H,4-5H2,1H3,(H2,11,12). The molecule has 4 heteroatoms. The van der Waals surface area contributed by atoms with E-state index in [2.05, 4.69) is 4.98 Å². The molecule has 0 aliphatic carbocycles. The molecule has 4 nitrogen and oxygen atoms in total. The molecule has 2 N–H and O–H groups in total. The van der Waals surface area contributed by atoms with Crippen molar-refractivity contribution in [1.29, 1.82) is 0 Å². The van der Waals surface area contributed by atoms with Gasteiger partial charge in [-0.1, -0.05) is 0 Å². The molecule has 0 fully saturated rings. The lowest BCUT2D eigenvalue weighted by Gasteiger charge is -1.92. The van der Waals surface area contributed by atoms with E-state index < -0.39 is 0 Å². The van der Waals surface area contributed by atoms with Crippen molar-refractivity contribution in [3.8, 4) is 0 Å². The Morgan fingerprint density at radius 3 is 2.93 bits per heavy atom. The highest BCUT2D eigenvalue weighted by atomic mass is 16.3. The Kier molecular flexibility index (Phi) is 2.26. The highest BCUT2D eigenvalue weighted by Gasteiger charge is 2.03. The maximum atomic E-state index is 5.62. The third-order valence-corrected chi connectivity index (χ3v) is 2.17. The van der Waals surface area contributed by atoms with Crippen molar-refractivity contribution in [3.63, 3.8) is 0 Å². The second-order valence-electron chi connectivity index (χ2n) is 3.28. The van der Waals surface area contributed by atoms with Gasteiger partial charge in [-0.15, -0.1) is 0 Å². The maximum absolute atomic E-state index is 5.62. The lowest BCUT2D eigenvalue weighted by atomic mass is 10.2. The third-order valence-electron chi connectivity index (χ3n) is 2.17. The molecule has 0 aliphatic rings. The van der Waals surface area contributed by atoms with Crippen LogP contribution in [-0.4, -0.2) is 9.55 Å². The van der Waals surface area contributed by atoms with Crippen LogP contribution in [0.4, 0.5) is 5.95 Å². The van der Waals surface area contributed by atoms with Gasteiger partial charge < -0.3 is 14.7 Å². The van der Waals surface area contributed by atoms with Gasteiger partial charge in [0.05, 0.1) is 12.0 Å². The Hall–Kier alpha value is -1.71. The van der Waals surface area contributed by atoms with Crippen LogP contribution >= 0.6 is 0 Å². The molecule has 0 bridgehead atoms. The van der Waals surface area contributed by atoms with E-state index in [0.29, 0.717) is 5.95 Å². The first-order valence-corrected chi connectivity index (χ1v) is 4.56. The molecule has 0 saturated carbocycles. The Balaban J connectivity index is 1.98. The van der Waals surface area contributed by atoms with Crippen LogP contribution in [0.5, 0.6) is 0 Å². The number of nitrogens with zero attached hydrogens (tertiary/aromatic N) is 2. The minimum atomic E-state index is 0.555. The maximum Gasteiger partial charge on any atom is 0.200 e. The van der Waals surface area contributed by atoms with Crippen molar-refractivity contribution in [2.24, 2.45) is 7.05 Å². The van der Waals surface area contributed by atoms with E-state index in [1.165, 1.54) is 0 Å². The number of aryl methyl sites for hydroxylation is 3. The Morgan fingerprint density at radius 2 is 2.36 bits per heavy atom. The van der Waals surface area contributed by atoms with Gasteiger partial charge in [0.15, 0.2) is 5.95 Å². The molecule has 0 aromatic carbocycles. The number of hydrogen-bond donors (Lipinski definition) is 1. The summed E-state index contributed by atoms with van der Waals surface area (Å²) in [5.74, 6) is 1.54. The summed E-state index contributed by atoms with van der Waals surface area (Å²) >= 11 is 0. The molecule has 2 aromatic heterocycles. The van der Waals surface area contributed by atoms with Crippen molar-refractivity contribution in [1.82, 2.24) is 9.55 Å². The fourth-order valence-corrected chi connectivity index (χ4v) is 1.37. The predicted molar refractivity (Wildman–Crippen MR) is 53.7 cm³/mol. The van der Waals surface area contributed by atoms with Gasteiger partial charge in [-0.25, -0.2) is 4.98 Å². The van der Waals surface area contributed by atoms with Crippen molar-refractivity contribution in [2.45, 2.75) is 12.8 Å². The number of nitrogens with two attached hydrogens (primary N) is 1. The molecule has 0 aliphatic heterocycles. The molecule has 0 atom stereocenters. The number of aromatic nitrogens is 2. The molecular weight excluding hydrogens is 178 g/mol. The van der Waals surface area contributed by atoms with E-state index in [1.807, 2.05) is 29.9 Å². The van der Waals surface area contributed by atoms with Crippen LogP contribution in [0.1, 0.15) is 11.5 Å². The van der Waals surface area contributed by atoms with Crippen LogP contribution in [-0.2, 0) is 19.9 Å². The molecule has 0 spiro atoms. The second-order valence-corrected chi connectivity index (χ2v) is 3.28. The largest absolute Gasteiger partial charge is 0.469 e. The SMILES string of the molecule is Cn1cc(CCc2ccco2)nc1N. The molecule has 0 saturated heterocycles. The number of rotatable bonds is 3. The number of furan rings is 1. The van der Waals surface area contributed by atoms with Gasteiger partial charge in [-0.3, -0.25) is 0 Å². The molecule has 14 heavy (non-hydrogen) atoms. The molecule has 2 aromatic rings. The van der Waals surface area contributed by atoms with Crippen molar-refractivity contribution >= 4 is 5.95 Å². The monoisotopic (exact) mass is 191 g/mol. The van der Waals surface area contributed by atoms with Crippen LogP contribution in [0.25, 0.3) is 0 Å². The summed E-state index contributed by atoms with van der Waals surface area (Å²) in [5, 5.41) is 0. The number of anilines is 1. The van der Waals surface area contributed by atoms with Gasteiger partial charge in [0.25, 0.3) is 0 Å². The highest BCUT2D eigenvalue weighted by Crippen LogP contribution is 2.08. The van der Waals surface area contributed by atoms with Crippen LogP contribution < -0.4 is 5.73 Å². The zero-order valence-electron chi connectivity index (χ0n) is 8.10. The molecule has 0 radical (unpaired) electrons. The average Bonchev–Trinajstić information content (AvgIpc) is 2.74. The van der Waals surface area contributed by atoms with Gasteiger partial charge in [0.2, 0.25) is 0 Å². The lowest BCUT2D eigenvalue weighted by Crippen LogP contribution is -1.94. The molecule has 2 heterocycles. The van der Waals surface area contributed by atoms with Crippen LogP contribution in [0, 0.1) is 0 Å². The first-order valence-electron chi connectivity index (χ1n) is 4.56. The van der Waals surface area contributed by atoms with Gasteiger partial charge in [0.1, 0.15) is 5.76 Å². The Labute approximate surface area is 82.4 Å². The van der Waals surface area contributed by atoms with E-state index in [0.717, 1.165) is 24.3 Å². The van der Waals surface area contributed by atoms with Gasteiger partial charge in [-0.05, 0) is 18.6 Å². The summed E-state index contributed by atoms with van der Waals surface area (Å²) in [5.41, 5.74) is 6.62. The minimum absolute atomic E-state index is 0.555. The quantitative estimate of drug-likeness (QED) is 0.797. The summed E-state index contributed by atoms with van der Waals surface area (Å²) < 4.78 is 7.04. The van der Waals surface area contributed by atoms with Crippen LogP contribution in [0.2, 0.25) is 0 Å². The van der Waals surface area contributed by atoms with Crippen molar-refractivity contribution in [3.05, 3.63) is 36.0 Å². The van der Waals surface area contributed by atoms with Gasteiger partial charge in [0, 0.05) is 19.7 Å². The Morgan fingerprint density at radius 1 is 1.50 bits per heavy atom. The van der Waals surface area contributed by atoms with Crippen molar-refractivity contribution in [2.75, 3.05) is 5.73 Å². The topological polar surface area (TPSA) is 57.0 Å². The predicted octanol–water partition coefficient (Wildman–Crippen LogP) is 1.38. The first-order chi connectivity index (χ1) is 6.75. The Bertz CT molecular complexity index is 383. The fourth-order valence-electron chi connectivity index (χ4n) is 1.37. The lowest BCUT2D eigenvalue weighted by molar-refractivity contribution is 0.507. The summed E-state index contributed by atoms with van der Waals surface area (Å²) in [6.07, 6.45) is 5.35. The second kappa shape index (κ2) is 3.57. The minimum Gasteiger partial charge on any atom is -0.469 e. The summed E-state index contributed by atoms with van der Waals surface area (Å²) in [6.45, 7) is 0. The van der Waals surface area contributed by atoms with Crippen LogP contribution in [0.15, 0.2) is 29.0 Å². The summed E-state index contributed by atoms with van der Waals surface area (Å²) in [6, 6.07) is 3.86. The normalized spacial score (nSPS) is 10.6. The van der Waals surface area contributed by atoms with Crippen molar-refractivity contribution < 1.29 is 4.42 Å². The molecule has 0 amide bonds. The van der Waals surface area contributed by atoms with Gasteiger partial charge in [-0.2, -0.15) is 0 Å². The molecule has 0 unspecified atom stereocenters. The zero-order valence-corrected chi connectivity index (χ0v) is 8.10. The fraction of sp³-hybridized carbons (Fsp3) is 0.300. The average molecular weight is 191 g/mol. The summed E-state index contributed by atoms with van der Waals surface area (Å²) in [7, 11) is 1.89. The molecule has 2 rings (SSSR count). The van der Waals surface area contributed by atoms with E-state index in [-0.39, 0.29) is 0 Å². The highest BCUT2D eigenvalue weighted by molar-refractivity contribution is 5.21. The van der Waals surface area contributed by atoms with E-state index in [4.69, 9.17) is 10.2 Å². The smallest absolute Gasteiger partial charge is 0.200 e. The van der Waals surface area contributed by atoms with E-state index >= 15 is 0 Å².